The molecule has 0 aliphatic carbocycles. The van der Waals surface area contributed by atoms with Gasteiger partial charge in [0.05, 0.1) is 17.4 Å². The highest BCUT2D eigenvalue weighted by Gasteiger charge is 2.01. The molecule has 0 unspecified atom stereocenters. The molecule has 0 fully saturated rings. The summed E-state index contributed by atoms with van der Waals surface area (Å²) in [5, 5.41) is 16.8. The van der Waals surface area contributed by atoms with Gasteiger partial charge in [-0.15, -0.1) is 0 Å². The molecule has 0 spiro atoms. The van der Waals surface area contributed by atoms with Crippen LogP contribution in [0.4, 0.5) is 5.69 Å². The zero-order valence-corrected chi connectivity index (χ0v) is 10.5. The van der Waals surface area contributed by atoms with Crippen LogP contribution in [0.3, 0.4) is 0 Å². The van der Waals surface area contributed by atoms with Crippen molar-refractivity contribution in [1.82, 2.24) is 20.0 Å². The van der Waals surface area contributed by atoms with Crippen LogP contribution in [-0.4, -0.2) is 26.5 Å². The van der Waals surface area contributed by atoms with E-state index < -0.39 is 0 Å². The fraction of sp³-hybridized carbons (Fsp3) is 0.214. The Morgan fingerprint density at radius 2 is 2.11 bits per heavy atom. The second-order valence-electron chi connectivity index (χ2n) is 4.32. The van der Waals surface area contributed by atoms with Gasteiger partial charge in [0.2, 0.25) is 0 Å². The molecule has 0 bridgehead atoms. The van der Waals surface area contributed by atoms with Crippen molar-refractivity contribution >= 4 is 16.6 Å². The molecule has 3 aromatic rings. The summed E-state index contributed by atoms with van der Waals surface area (Å²) in [5.41, 5.74) is 1.95. The van der Waals surface area contributed by atoms with Gasteiger partial charge < -0.3 is 5.32 Å². The van der Waals surface area contributed by atoms with Crippen LogP contribution < -0.4 is 5.32 Å². The SMILES string of the molecule is c1ccc2c(NCCCn3cccn3)cnnc2c1. The van der Waals surface area contributed by atoms with Gasteiger partial charge in [0, 0.05) is 30.9 Å². The van der Waals surface area contributed by atoms with Crippen molar-refractivity contribution in [2.24, 2.45) is 0 Å². The maximum atomic E-state index is 4.18. The number of anilines is 1. The second kappa shape index (κ2) is 5.48. The molecular weight excluding hydrogens is 238 g/mol. The van der Waals surface area contributed by atoms with E-state index in [1.807, 2.05) is 35.1 Å². The van der Waals surface area contributed by atoms with Crippen molar-refractivity contribution in [2.45, 2.75) is 13.0 Å². The van der Waals surface area contributed by atoms with Crippen molar-refractivity contribution in [1.29, 1.82) is 0 Å². The topological polar surface area (TPSA) is 55.6 Å². The largest absolute Gasteiger partial charge is 0.383 e. The first-order valence-electron chi connectivity index (χ1n) is 6.35. The molecule has 0 aliphatic rings. The summed E-state index contributed by atoms with van der Waals surface area (Å²) < 4.78 is 1.94. The molecule has 2 heterocycles. The van der Waals surface area contributed by atoms with E-state index >= 15 is 0 Å². The molecule has 1 aromatic carbocycles. The molecule has 96 valence electrons. The van der Waals surface area contributed by atoms with E-state index in [1.54, 1.807) is 12.4 Å². The highest BCUT2D eigenvalue weighted by molar-refractivity contribution is 5.90. The van der Waals surface area contributed by atoms with Gasteiger partial charge in [0.1, 0.15) is 0 Å². The van der Waals surface area contributed by atoms with Crippen molar-refractivity contribution in [2.75, 3.05) is 11.9 Å². The fourth-order valence-corrected chi connectivity index (χ4v) is 2.04. The van der Waals surface area contributed by atoms with Gasteiger partial charge in [-0.2, -0.15) is 15.3 Å². The third-order valence-electron chi connectivity index (χ3n) is 2.99. The lowest BCUT2D eigenvalue weighted by molar-refractivity contribution is 0.592. The Hall–Kier alpha value is -2.43. The van der Waals surface area contributed by atoms with Crippen LogP contribution in [0, 0.1) is 0 Å². The molecule has 0 amide bonds. The minimum Gasteiger partial charge on any atom is -0.383 e. The number of hydrogen-bond donors (Lipinski definition) is 1. The Bertz CT molecular complexity index is 643. The highest BCUT2D eigenvalue weighted by atomic mass is 15.3. The van der Waals surface area contributed by atoms with Gasteiger partial charge in [-0.25, -0.2) is 0 Å². The first kappa shape index (κ1) is 11.6. The molecule has 0 atom stereocenters. The summed E-state index contributed by atoms with van der Waals surface area (Å²) in [6.45, 7) is 1.80. The summed E-state index contributed by atoms with van der Waals surface area (Å²) >= 11 is 0. The Morgan fingerprint density at radius 3 is 3.00 bits per heavy atom. The zero-order chi connectivity index (χ0) is 12.9. The van der Waals surface area contributed by atoms with Crippen LogP contribution in [0.25, 0.3) is 10.9 Å². The summed E-state index contributed by atoms with van der Waals surface area (Å²) in [7, 11) is 0. The van der Waals surface area contributed by atoms with Gasteiger partial charge in [0.15, 0.2) is 0 Å². The van der Waals surface area contributed by atoms with E-state index in [9.17, 15) is 0 Å². The summed E-state index contributed by atoms with van der Waals surface area (Å²) in [4.78, 5) is 0. The third kappa shape index (κ3) is 2.70. The number of fused-ring (bicyclic) bond motifs is 1. The van der Waals surface area contributed by atoms with Crippen molar-refractivity contribution < 1.29 is 0 Å². The van der Waals surface area contributed by atoms with Gasteiger partial charge >= 0.3 is 0 Å². The van der Waals surface area contributed by atoms with Crippen LogP contribution >= 0.6 is 0 Å². The average Bonchev–Trinajstić information content (AvgIpc) is 2.97. The molecule has 19 heavy (non-hydrogen) atoms. The summed E-state index contributed by atoms with van der Waals surface area (Å²) in [5.74, 6) is 0. The van der Waals surface area contributed by atoms with E-state index in [0.29, 0.717) is 0 Å². The normalized spacial score (nSPS) is 10.7. The van der Waals surface area contributed by atoms with Crippen LogP contribution in [0.5, 0.6) is 0 Å². The predicted molar refractivity (Wildman–Crippen MR) is 74.9 cm³/mol. The monoisotopic (exact) mass is 253 g/mol. The molecular formula is C14H15N5. The number of rotatable bonds is 5. The number of nitrogens with zero attached hydrogens (tertiary/aromatic N) is 4. The second-order valence-corrected chi connectivity index (χ2v) is 4.32. The Labute approximate surface area is 111 Å². The van der Waals surface area contributed by atoms with Crippen LogP contribution in [0.15, 0.2) is 48.9 Å². The number of benzene rings is 1. The molecule has 5 heteroatoms. The maximum absolute atomic E-state index is 4.18. The molecule has 1 N–H and O–H groups in total. The minimum atomic E-state index is 0.884. The average molecular weight is 253 g/mol. The lowest BCUT2D eigenvalue weighted by Gasteiger charge is -2.08. The van der Waals surface area contributed by atoms with Gasteiger partial charge in [-0.1, -0.05) is 18.2 Å². The smallest absolute Gasteiger partial charge is 0.0950 e. The third-order valence-corrected chi connectivity index (χ3v) is 2.99. The Balaban J connectivity index is 1.62. The van der Waals surface area contributed by atoms with E-state index in [2.05, 4.69) is 26.7 Å². The molecule has 2 aromatic heterocycles. The minimum absolute atomic E-state index is 0.884. The Kier molecular flexibility index (Phi) is 3.36. The highest BCUT2D eigenvalue weighted by Crippen LogP contribution is 2.19. The molecule has 0 aliphatic heterocycles. The number of aromatic nitrogens is 4. The van der Waals surface area contributed by atoms with Gasteiger partial charge in [0.25, 0.3) is 0 Å². The Morgan fingerprint density at radius 1 is 1.16 bits per heavy atom. The molecule has 0 saturated heterocycles. The van der Waals surface area contributed by atoms with E-state index in [4.69, 9.17) is 0 Å². The van der Waals surface area contributed by atoms with Crippen LogP contribution in [0.2, 0.25) is 0 Å². The molecule has 0 saturated carbocycles. The maximum Gasteiger partial charge on any atom is 0.0950 e. The summed E-state index contributed by atoms with van der Waals surface area (Å²) in [6, 6.07) is 9.95. The summed E-state index contributed by atoms with van der Waals surface area (Å²) in [6.07, 6.45) is 6.56. The number of hydrogen-bond acceptors (Lipinski definition) is 4. The standard InChI is InChI=1S/C14H15N5/c1-2-6-13-12(5-1)14(11-16-18-13)15-7-3-9-19-10-4-8-17-19/h1-2,4-6,8,10-11H,3,7,9H2,(H,15,18). The first-order valence-corrected chi connectivity index (χ1v) is 6.35. The van der Waals surface area contributed by atoms with Crippen molar-refractivity contribution in [3.63, 3.8) is 0 Å². The lowest BCUT2D eigenvalue weighted by atomic mass is 10.2. The fourth-order valence-electron chi connectivity index (χ4n) is 2.04. The first-order chi connectivity index (χ1) is 9.43. The molecule has 0 radical (unpaired) electrons. The quantitative estimate of drug-likeness (QED) is 0.709. The van der Waals surface area contributed by atoms with Gasteiger partial charge in [-0.05, 0) is 18.6 Å². The van der Waals surface area contributed by atoms with E-state index in [-0.39, 0.29) is 0 Å². The number of aryl methyl sites for hydroxylation is 1. The van der Waals surface area contributed by atoms with Crippen LogP contribution in [0.1, 0.15) is 6.42 Å². The van der Waals surface area contributed by atoms with Crippen molar-refractivity contribution in [3.05, 3.63) is 48.9 Å². The lowest BCUT2D eigenvalue weighted by Crippen LogP contribution is -2.07. The molecule has 3 rings (SSSR count). The zero-order valence-electron chi connectivity index (χ0n) is 10.5. The molecule has 5 nitrogen and oxygen atoms in total. The van der Waals surface area contributed by atoms with Crippen molar-refractivity contribution in [3.8, 4) is 0 Å². The van der Waals surface area contributed by atoms with E-state index in [1.165, 1.54) is 0 Å². The van der Waals surface area contributed by atoms with Crippen LogP contribution in [-0.2, 0) is 6.54 Å². The number of nitrogens with one attached hydrogen (secondary N) is 1. The van der Waals surface area contributed by atoms with Gasteiger partial charge in [-0.3, -0.25) is 4.68 Å². The predicted octanol–water partition coefficient (Wildman–Crippen LogP) is 2.33. The van der Waals surface area contributed by atoms with E-state index in [0.717, 1.165) is 36.1 Å².